The quantitative estimate of drug-likeness (QED) is 0.411. The summed E-state index contributed by atoms with van der Waals surface area (Å²) in [6.07, 6.45) is 3.04. The first-order chi connectivity index (χ1) is 13.5. The van der Waals surface area contributed by atoms with E-state index in [4.69, 9.17) is 9.52 Å². The molecule has 140 valence electrons. The number of nitrogens with zero attached hydrogens (tertiary/aromatic N) is 3. The van der Waals surface area contributed by atoms with Crippen molar-refractivity contribution in [3.63, 3.8) is 0 Å². The Morgan fingerprint density at radius 2 is 1.93 bits per heavy atom. The normalized spacial score (nSPS) is 10.8. The molecule has 0 amide bonds. The summed E-state index contributed by atoms with van der Waals surface area (Å²) in [7, 11) is 0. The third kappa shape index (κ3) is 3.51. The Hall–Kier alpha value is -4.21. The van der Waals surface area contributed by atoms with Crippen LogP contribution < -0.4 is 16.4 Å². The van der Waals surface area contributed by atoms with Crippen LogP contribution in [0.1, 0.15) is 16.1 Å². The zero-order chi connectivity index (χ0) is 19.7. The zero-order valence-corrected chi connectivity index (χ0v) is 14.6. The van der Waals surface area contributed by atoms with E-state index in [1.54, 1.807) is 30.5 Å². The van der Waals surface area contributed by atoms with Gasteiger partial charge in [0.05, 0.1) is 17.4 Å². The van der Waals surface area contributed by atoms with Crippen LogP contribution in [0.2, 0.25) is 0 Å². The first-order valence-corrected chi connectivity index (χ1v) is 8.18. The number of carboxylic acids is 1. The minimum atomic E-state index is -1.10. The van der Waals surface area contributed by atoms with E-state index in [0.29, 0.717) is 34.2 Å². The van der Waals surface area contributed by atoms with Crippen molar-refractivity contribution in [2.45, 2.75) is 6.92 Å². The Labute approximate surface area is 157 Å². The lowest BCUT2D eigenvalue weighted by molar-refractivity contribution is 0.0690. The van der Waals surface area contributed by atoms with Gasteiger partial charge in [0.1, 0.15) is 11.5 Å². The van der Waals surface area contributed by atoms with E-state index in [1.807, 2.05) is 6.92 Å². The van der Waals surface area contributed by atoms with Gasteiger partial charge in [-0.15, -0.1) is 0 Å². The van der Waals surface area contributed by atoms with E-state index in [9.17, 15) is 9.59 Å². The third-order valence-electron chi connectivity index (χ3n) is 3.89. The number of oxazole rings is 1. The van der Waals surface area contributed by atoms with E-state index in [1.165, 1.54) is 12.3 Å². The number of aromatic nitrogens is 4. The van der Waals surface area contributed by atoms with Crippen LogP contribution in [-0.4, -0.2) is 31.0 Å². The molecule has 0 radical (unpaired) electrons. The number of hydrogen-bond acceptors (Lipinski definition) is 8. The van der Waals surface area contributed by atoms with E-state index in [0.717, 1.165) is 5.56 Å². The number of anilines is 4. The monoisotopic (exact) mass is 378 g/mol. The molecule has 0 aliphatic carbocycles. The summed E-state index contributed by atoms with van der Waals surface area (Å²) < 4.78 is 4.99. The van der Waals surface area contributed by atoms with Gasteiger partial charge in [-0.3, -0.25) is 4.98 Å². The van der Waals surface area contributed by atoms with E-state index < -0.39 is 11.7 Å². The molecule has 3 aromatic heterocycles. The summed E-state index contributed by atoms with van der Waals surface area (Å²) in [5.74, 6) is -0.728. The molecule has 0 atom stereocenters. The van der Waals surface area contributed by atoms with E-state index in [-0.39, 0.29) is 5.69 Å². The molecule has 3 heterocycles. The molecule has 28 heavy (non-hydrogen) atoms. The van der Waals surface area contributed by atoms with Crippen molar-refractivity contribution in [2.24, 2.45) is 0 Å². The highest BCUT2D eigenvalue weighted by atomic mass is 16.4. The number of pyridine rings is 1. The Balaban J connectivity index is 1.57. The van der Waals surface area contributed by atoms with Crippen LogP contribution in [0.4, 0.5) is 23.1 Å². The van der Waals surface area contributed by atoms with Gasteiger partial charge in [0, 0.05) is 17.4 Å². The van der Waals surface area contributed by atoms with Gasteiger partial charge in [-0.2, -0.15) is 4.98 Å². The van der Waals surface area contributed by atoms with Gasteiger partial charge in [-0.25, -0.2) is 19.6 Å². The highest BCUT2D eigenvalue weighted by Gasteiger charge is 2.08. The Bertz CT molecular complexity index is 1230. The standard InChI is InChI=1S/C18H14N6O4/c1-9-7-20-17(22-11-2-4-12(16(25)26)19-8-11)24-15(9)21-10-3-5-14-13(6-10)23-18(27)28-14/h2-8H,1H3,(H,23,27)(H,25,26)(H2,20,21,22,24). The number of H-pyrrole nitrogens is 1. The Morgan fingerprint density at radius 1 is 1.11 bits per heavy atom. The first kappa shape index (κ1) is 17.2. The highest BCUT2D eigenvalue weighted by molar-refractivity contribution is 5.85. The molecular weight excluding hydrogens is 364 g/mol. The molecule has 0 unspecified atom stereocenters. The largest absolute Gasteiger partial charge is 0.477 e. The van der Waals surface area contributed by atoms with Crippen molar-refractivity contribution in [3.05, 3.63) is 64.5 Å². The van der Waals surface area contributed by atoms with Gasteiger partial charge >= 0.3 is 11.7 Å². The average molecular weight is 378 g/mol. The molecule has 0 aliphatic rings. The zero-order valence-electron chi connectivity index (χ0n) is 14.6. The SMILES string of the molecule is Cc1cnc(Nc2ccc(C(=O)O)nc2)nc1Nc1ccc2oc(=O)[nH]c2c1. The molecule has 0 spiro atoms. The lowest BCUT2D eigenvalue weighted by Gasteiger charge is -2.11. The fraction of sp³-hybridized carbons (Fsp3) is 0.0556. The maximum absolute atomic E-state index is 11.3. The molecule has 0 aliphatic heterocycles. The second-order valence-corrected chi connectivity index (χ2v) is 5.94. The number of aromatic carboxylic acids is 1. The van der Waals surface area contributed by atoms with Crippen LogP contribution in [0.25, 0.3) is 11.1 Å². The molecule has 0 saturated carbocycles. The minimum absolute atomic E-state index is 0.0505. The van der Waals surface area contributed by atoms with Gasteiger partial charge in [0.2, 0.25) is 5.95 Å². The number of aryl methyl sites for hydroxylation is 1. The van der Waals surface area contributed by atoms with Crippen molar-refractivity contribution in [3.8, 4) is 0 Å². The number of fused-ring (bicyclic) bond motifs is 1. The number of hydrogen-bond donors (Lipinski definition) is 4. The lowest BCUT2D eigenvalue weighted by atomic mass is 10.2. The van der Waals surface area contributed by atoms with E-state index >= 15 is 0 Å². The fourth-order valence-corrected chi connectivity index (χ4v) is 2.52. The van der Waals surface area contributed by atoms with Gasteiger partial charge in [0.15, 0.2) is 5.58 Å². The number of aromatic amines is 1. The molecule has 4 rings (SSSR count). The molecule has 0 fully saturated rings. The summed E-state index contributed by atoms with van der Waals surface area (Å²) in [5.41, 5.74) is 3.07. The van der Waals surface area contributed by atoms with Crippen molar-refractivity contribution >= 4 is 40.2 Å². The molecular formula is C18H14N6O4. The van der Waals surface area contributed by atoms with Crippen LogP contribution >= 0.6 is 0 Å². The summed E-state index contributed by atoms with van der Waals surface area (Å²) in [6, 6.07) is 8.15. The van der Waals surface area contributed by atoms with Crippen molar-refractivity contribution in [1.82, 2.24) is 19.9 Å². The van der Waals surface area contributed by atoms with Crippen LogP contribution in [0, 0.1) is 6.92 Å². The van der Waals surface area contributed by atoms with Crippen molar-refractivity contribution in [1.29, 1.82) is 0 Å². The molecule has 0 saturated heterocycles. The molecule has 0 bridgehead atoms. The average Bonchev–Trinajstić information content (AvgIpc) is 3.04. The lowest BCUT2D eigenvalue weighted by Crippen LogP contribution is -2.04. The van der Waals surface area contributed by atoms with Crippen LogP contribution in [0.5, 0.6) is 0 Å². The van der Waals surface area contributed by atoms with Crippen LogP contribution in [0.15, 0.2) is 51.9 Å². The number of benzene rings is 1. The maximum atomic E-state index is 11.3. The molecule has 10 nitrogen and oxygen atoms in total. The topological polar surface area (TPSA) is 146 Å². The van der Waals surface area contributed by atoms with E-state index in [2.05, 4.69) is 30.6 Å². The Kier molecular flexibility index (Phi) is 4.20. The third-order valence-corrected chi connectivity index (χ3v) is 3.89. The molecule has 10 heteroatoms. The van der Waals surface area contributed by atoms with Gasteiger partial charge in [0.25, 0.3) is 0 Å². The van der Waals surface area contributed by atoms with Crippen molar-refractivity contribution in [2.75, 3.05) is 10.6 Å². The highest BCUT2D eigenvalue weighted by Crippen LogP contribution is 2.23. The van der Waals surface area contributed by atoms with Crippen molar-refractivity contribution < 1.29 is 14.3 Å². The second kappa shape index (κ2) is 6.83. The predicted octanol–water partition coefficient (Wildman–Crippen LogP) is 2.80. The smallest absolute Gasteiger partial charge is 0.417 e. The molecule has 4 aromatic rings. The fourth-order valence-electron chi connectivity index (χ4n) is 2.52. The van der Waals surface area contributed by atoms with Gasteiger partial charge in [-0.05, 0) is 37.3 Å². The van der Waals surface area contributed by atoms with Gasteiger partial charge in [-0.1, -0.05) is 0 Å². The number of nitrogens with one attached hydrogen (secondary N) is 3. The second-order valence-electron chi connectivity index (χ2n) is 5.94. The first-order valence-electron chi connectivity index (χ1n) is 8.18. The molecule has 1 aromatic carbocycles. The van der Waals surface area contributed by atoms with Crippen LogP contribution in [-0.2, 0) is 0 Å². The number of carbonyl (C=O) groups is 1. The minimum Gasteiger partial charge on any atom is -0.477 e. The van der Waals surface area contributed by atoms with Gasteiger partial charge < -0.3 is 20.2 Å². The summed E-state index contributed by atoms with van der Waals surface area (Å²) in [6.45, 7) is 1.85. The summed E-state index contributed by atoms with van der Waals surface area (Å²) in [5, 5.41) is 15.1. The number of rotatable bonds is 5. The maximum Gasteiger partial charge on any atom is 0.417 e. The summed E-state index contributed by atoms with van der Waals surface area (Å²) in [4.78, 5) is 37.2. The predicted molar refractivity (Wildman–Crippen MR) is 101 cm³/mol. The Morgan fingerprint density at radius 3 is 2.68 bits per heavy atom. The van der Waals surface area contributed by atoms with Crippen LogP contribution in [0.3, 0.4) is 0 Å². The number of carboxylic acid groups (broad SMARTS) is 1. The molecule has 4 N–H and O–H groups in total. The summed E-state index contributed by atoms with van der Waals surface area (Å²) >= 11 is 0.